The second kappa shape index (κ2) is 6.30. The van der Waals surface area contributed by atoms with Gasteiger partial charge in [0.2, 0.25) is 0 Å². The molecule has 1 heterocycles. The summed E-state index contributed by atoms with van der Waals surface area (Å²) in [6.07, 6.45) is 0. The standard InChI is InChI=1S/C15H17N3O4/c1-16-12(8-13(19)17(2)15(16)22)9-18(10-14(20)21)11-6-4-3-5-7-11/h3-8H,9-10H2,1-2H3,(H,20,21). The van der Waals surface area contributed by atoms with Crippen LogP contribution in [0, 0.1) is 0 Å². The van der Waals surface area contributed by atoms with Crippen LogP contribution in [0.15, 0.2) is 46.0 Å². The summed E-state index contributed by atoms with van der Waals surface area (Å²) < 4.78 is 2.35. The summed E-state index contributed by atoms with van der Waals surface area (Å²) >= 11 is 0. The van der Waals surface area contributed by atoms with Gasteiger partial charge in [0.05, 0.1) is 6.54 Å². The van der Waals surface area contributed by atoms with Crippen LogP contribution in [-0.2, 0) is 25.4 Å². The molecule has 0 saturated heterocycles. The van der Waals surface area contributed by atoms with Gasteiger partial charge in [-0.15, -0.1) is 0 Å². The monoisotopic (exact) mass is 303 g/mol. The predicted octanol–water partition coefficient (Wildman–Crippen LogP) is 0.175. The Labute approximate surface area is 126 Å². The van der Waals surface area contributed by atoms with Crippen LogP contribution in [0.5, 0.6) is 0 Å². The highest BCUT2D eigenvalue weighted by molar-refractivity contribution is 5.73. The quantitative estimate of drug-likeness (QED) is 0.851. The molecule has 0 bridgehead atoms. The van der Waals surface area contributed by atoms with E-state index in [1.165, 1.54) is 17.7 Å². The molecule has 116 valence electrons. The number of hydrogen-bond donors (Lipinski definition) is 1. The molecule has 7 heteroatoms. The lowest BCUT2D eigenvalue weighted by atomic mass is 10.2. The van der Waals surface area contributed by atoms with Crippen molar-refractivity contribution in [2.24, 2.45) is 14.1 Å². The van der Waals surface area contributed by atoms with E-state index in [0.717, 1.165) is 4.57 Å². The van der Waals surface area contributed by atoms with Crippen molar-refractivity contribution in [2.45, 2.75) is 6.54 Å². The predicted molar refractivity (Wildman–Crippen MR) is 82.1 cm³/mol. The Hall–Kier alpha value is -2.83. The number of carboxylic acids is 1. The van der Waals surface area contributed by atoms with Crippen LogP contribution in [0.4, 0.5) is 5.69 Å². The molecule has 0 radical (unpaired) electrons. The summed E-state index contributed by atoms with van der Waals surface area (Å²) in [4.78, 5) is 36.4. The summed E-state index contributed by atoms with van der Waals surface area (Å²) in [7, 11) is 2.96. The van der Waals surface area contributed by atoms with Crippen molar-refractivity contribution in [3.05, 3.63) is 62.9 Å². The second-order valence-electron chi connectivity index (χ2n) is 4.96. The van der Waals surface area contributed by atoms with Crippen LogP contribution in [0.25, 0.3) is 0 Å². The van der Waals surface area contributed by atoms with Crippen LogP contribution >= 0.6 is 0 Å². The summed E-state index contributed by atoms with van der Waals surface area (Å²) in [6, 6.07) is 10.3. The highest BCUT2D eigenvalue weighted by Crippen LogP contribution is 2.15. The third kappa shape index (κ3) is 3.25. The normalized spacial score (nSPS) is 10.5. The molecule has 0 spiro atoms. The second-order valence-corrected chi connectivity index (χ2v) is 4.96. The summed E-state index contributed by atoms with van der Waals surface area (Å²) in [5.41, 5.74) is 0.309. The Balaban J connectivity index is 2.42. The minimum atomic E-state index is -0.988. The van der Waals surface area contributed by atoms with Gasteiger partial charge >= 0.3 is 11.7 Å². The van der Waals surface area contributed by atoms with E-state index >= 15 is 0 Å². The van der Waals surface area contributed by atoms with Crippen LogP contribution in [0.3, 0.4) is 0 Å². The molecular formula is C15H17N3O4. The summed E-state index contributed by atoms with van der Waals surface area (Å²) in [6.45, 7) is -0.0778. The van der Waals surface area contributed by atoms with E-state index in [0.29, 0.717) is 11.4 Å². The van der Waals surface area contributed by atoms with E-state index in [1.54, 1.807) is 36.2 Å². The highest BCUT2D eigenvalue weighted by Gasteiger charge is 2.14. The average Bonchev–Trinajstić information content (AvgIpc) is 2.50. The number of aliphatic carboxylic acids is 1. The number of aromatic nitrogens is 2. The lowest BCUT2D eigenvalue weighted by molar-refractivity contribution is -0.135. The molecule has 0 amide bonds. The van der Waals surface area contributed by atoms with Crippen molar-refractivity contribution >= 4 is 11.7 Å². The molecule has 2 rings (SSSR count). The van der Waals surface area contributed by atoms with Gasteiger partial charge in [-0.3, -0.25) is 18.7 Å². The SMILES string of the molecule is Cn1c(CN(CC(=O)O)c2ccccc2)cc(=O)n(C)c1=O. The Kier molecular flexibility index (Phi) is 4.45. The molecule has 0 aliphatic carbocycles. The van der Waals surface area contributed by atoms with Gasteiger partial charge in [0.25, 0.3) is 5.56 Å². The third-order valence-electron chi connectivity index (χ3n) is 3.43. The van der Waals surface area contributed by atoms with Gasteiger partial charge in [0, 0.05) is 31.5 Å². The van der Waals surface area contributed by atoms with E-state index in [2.05, 4.69) is 0 Å². The van der Waals surface area contributed by atoms with Crippen molar-refractivity contribution in [3.63, 3.8) is 0 Å². The van der Waals surface area contributed by atoms with E-state index in [1.807, 2.05) is 6.07 Å². The van der Waals surface area contributed by atoms with Gasteiger partial charge in [-0.2, -0.15) is 0 Å². The smallest absolute Gasteiger partial charge is 0.330 e. The van der Waals surface area contributed by atoms with Gasteiger partial charge in [-0.1, -0.05) is 18.2 Å². The maximum absolute atomic E-state index is 11.9. The van der Waals surface area contributed by atoms with Crippen molar-refractivity contribution in [2.75, 3.05) is 11.4 Å². The largest absolute Gasteiger partial charge is 0.480 e. The molecule has 1 aromatic carbocycles. The number of anilines is 1. The van der Waals surface area contributed by atoms with Crippen LogP contribution in [0.1, 0.15) is 5.69 Å². The van der Waals surface area contributed by atoms with Crippen molar-refractivity contribution in [1.82, 2.24) is 9.13 Å². The van der Waals surface area contributed by atoms with E-state index in [9.17, 15) is 14.4 Å². The Morgan fingerprint density at radius 2 is 1.77 bits per heavy atom. The number of carboxylic acid groups (broad SMARTS) is 1. The molecule has 0 unspecified atom stereocenters. The number of para-hydroxylation sites is 1. The van der Waals surface area contributed by atoms with Gasteiger partial charge < -0.3 is 10.0 Å². The maximum Gasteiger partial charge on any atom is 0.330 e. The minimum Gasteiger partial charge on any atom is -0.480 e. The number of benzene rings is 1. The Morgan fingerprint density at radius 1 is 1.14 bits per heavy atom. The van der Waals surface area contributed by atoms with Crippen molar-refractivity contribution in [3.8, 4) is 0 Å². The first-order chi connectivity index (χ1) is 10.4. The molecule has 0 aliphatic rings. The first kappa shape index (κ1) is 15.6. The number of hydrogen-bond acceptors (Lipinski definition) is 4. The molecule has 0 aliphatic heterocycles. The van der Waals surface area contributed by atoms with Gasteiger partial charge in [-0.25, -0.2) is 4.79 Å². The number of nitrogens with zero attached hydrogens (tertiary/aromatic N) is 3. The van der Waals surface area contributed by atoms with Crippen molar-refractivity contribution in [1.29, 1.82) is 0 Å². The average molecular weight is 303 g/mol. The Bertz CT molecular complexity index is 793. The molecule has 22 heavy (non-hydrogen) atoms. The van der Waals surface area contributed by atoms with Gasteiger partial charge in [0.1, 0.15) is 6.54 Å². The van der Waals surface area contributed by atoms with E-state index in [4.69, 9.17) is 5.11 Å². The molecule has 1 aromatic heterocycles. The summed E-state index contributed by atoms with van der Waals surface area (Å²) in [5, 5.41) is 9.07. The number of carbonyl (C=O) groups is 1. The van der Waals surface area contributed by atoms with Gasteiger partial charge in [-0.05, 0) is 12.1 Å². The zero-order valence-electron chi connectivity index (χ0n) is 12.4. The zero-order valence-corrected chi connectivity index (χ0v) is 12.4. The molecule has 1 N–H and O–H groups in total. The maximum atomic E-state index is 11.9. The molecule has 0 atom stereocenters. The lowest BCUT2D eigenvalue weighted by Crippen LogP contribution is -2.40. The van der Waals surface area contributed by atoms with Gasteiger partial charge in [0.15, 0.2) is 0 Å². The van der Waals surface area contributed by atoms with Crippen LogP contribution in [0.2, 0.25) is 0 Å². The van der Waals surface area contributed by atoms with Crippen LogP contribution in [-0.4, -0.2) is 26.8 Å². The van der Waals surface area contributed by atoms with Crippen LogP contribution < -0.4 is 16.1 Å². The summed E-state index contributed by atoms with van der Waals surface area (Å²) in [5.74, 6) is -0.988. The highest BCUT2D eigenvalue weighted by atomic mass is 16.4. The topological polar surface area (TPSA) is 84.5 Å². The minimum absolute atomic E-state index is 0.151. The van der Waals surface area contributed by atoms with Crippen molar-refractivity contribution < 1.29 is 9.90 Å². The fourth-order valence-corrected chi connectivity index (χ4v) is 2.17. The zero-order chi connectivity index (χ0) is 16.3. The molecule has 0 fully saturated rings. The fraction of sp³-hybridized carbons (Fsp3) is 0.267. The van der Waals surface area contributed by atoms with E-state index in [-0.39, 0.29) is 13.1 Å². The molecule has 7 nitrogen and oxygen atoms in total. The molecular weight excluding hydrogens is 286 g/mol. The molecule has 2 aromatic rings. The first-order valence-electron chi connectivity index (χ1n) is 6.68. The third-order valence-corrected chi connectivity index (χ3v) is 3.43. The number of rotatable bonds is 5. The first-order valence-corrected chi connectivity index (χ1v) is 6.68. The Morgan fingerprint density at radius 3 is 2.36 bits per heavy atom. The fourth-order valence-electron chi connectivity index (χ4n) is 2.17. The van der Waals surface area contributed by atoms with E-state index < -0.39 is 17.2 Å². The lowest BCUT2D eigenvalue weighted by Gasteiger charge is -2.24. The molecule has 0 saturated carbocycles.